The molecule has 0 bridgehead atoms. The number of nitrogens with zero attached hydrogens (tertiary/aromatic N) is 2. The molecule has 0 fully saturated rings. The first-order chi connectivity index (χ1) is 14.6. The van der Waals surface area contributed by atoms with Gasteiger partial charge in [-0.25, -0.2) is 23.9 Å². The number of carbonyl (C=O) groups is 2. The lowest BCUT2D eigenvalue weighted by molar-refractivity contribution is -0.140. The Hall–Kier alpha value is -3.54. The summed E-state index contributed by atoms with van der Waals surface area (Å²) in [6, 6.07) is 4.29. The fraction of sp³-hybridized carbons (Fsp3) is 0.158. The second kappa shape index (κ2) is 8.68. The number of anilines is 1. The maximum absolute atomic E-state index is 14.8. The minimum Gasteiger partial charge on any atom is -0.478 e. The number of hydrogen-bond donors (Lipinski definition) is 3. The maximum atomic E-state index is 14.8. The number of hydrogen-bond acceptors (Lipinski definition) is 5. The van der Waals surface area contributed by atoms with Crippen LogP contribution in [0.15, 0.2) is 35.8 Å². The van der Waals surface area contributed by atoms with Gasteiger partial charge in [0.05, 0.1) is 5.56 Å². The lowest BCUT2D eigenvalue weighted by atomic mass is 9.99. The Morgan fingerprint density at radius 3 is 2.55 bits per heavy atom. The van der Waals surface area contributed by atoms with Crippen LogP contribution >= 0.6 is 11.3 Å². The molecule has 0 saturated heterocycles. The summed E-state index contributed by atoms with van der Waals surface area (Å²) in [5.41, 5.74) is -1.86. The van der Waals surface area contributed by atoms with Gasteiger partial charge in [0, 0.05) is 34.8 Å². The van der Waals surface area contributed by atoms with Gasteiger partial charge in [0.15, 0.2) is 5.69 Å². The number of pyridine rings is 1. The molecular formula is C19H14F4N4O3S. The molecule has 0 saturated carbocycles. The number of aromatic carboxylic acids is 1. The normalized spacial score (nSPS) is 11.3. The number of urea groups is 1. The van der Waals surface area contributed by atoms with Gasteiger partial charge in [0.2, 0.25) is 0 Å². The number of carboxylic acid groups (broad SMARTS) is 1. The highest BCUT2D eigenvalue weighted by molar-refractivity contribution is 7.13. The number of benzene rings is 1. The average molecular weight is 454 g/mol. The zero-order valence-corrected chi connectivity index (χ0v) is 16.6. The molecule has 0 radical (unpaired) electrons. The topological polar surface area (TPSA) is 104 Å². The van der Waals surface area contributed by atoms with E-state index in [9.17, 15) is 27.2 Å². The van der Waals surface area contributed by atoms with Crippen LogP contribution in [-0.2, 0) is 6.18 Å². The molecule has 3 aromatic rings. The van der Waals surface area contributed by atoms with Crippen LogP contribution in [0, 0.1) is 5.82 Å². The van der Waals surface area contributed by atoms with Crippen molar-refractivity contribution >= 4 is 29.2 Å². The van der Waals surface area contributed by atoms with E-state index < -0.39 is 35.3 Å². The highest BCUT2D eigenvalue weighted by Crippen LogP contribution is 2.39. The molecular weight excluding hydrogens is 440 g/mol. The highest BCUT2D eigenvalue weighted by Gasteiger charge is 2.34. The molecule has 0 unspecified atom stereocenters. The third-order valence-corrected chi connectivity index (χ3v) is 4.90. The number of carbonyl (C=O) groups excluding carboxylic acids is 1. The summed E-state index contributed by atoms with van der Waals surface area (Å²) in [6.07, 6.45) is -3.55. The average Bonchev–Trinajstić information content (AvgIpc) is 3.19. The van der Waals surface area contributed by atoms with Crippen molar-refractivity contribution in [2.75, 3.05) is 11.9 Å². The Kier molecular flexibility index (Phi) is 6.20. The first-order valence-corrected chi connectivity index (χ1v) is 9.60. The predicted molar refractivity (Wildman–Crippen MR) is 105 cm³/mol. The van der Waals surface area contributed by atoms with Gasteiger partial charge >= 0.3 is 18.2 Å². The lowest BCUT2D eigenvalue weighted by Crippen LogP contribution is -2.28. The van der Waals surface area contributed by atoms with Gasteiger partial charge in [0.1, 0.15) is 16.6 Å². The highest BCUT2D eigenvalue weighted by atomic mass is 32.1. The van der Waals surface area contributed by atoms with E-state index in [1.54, 1.807) is 6.92 Å². The summed E-state index contributed by atoms with van der Waals surface area (Å²) < 4.78 is 53.9. The first kappa shape index (κ1) is 22.2. The van der Waals surface area contributed by atoms with Gasteiger partial charge in [-0.1, -0.05) is 12.1 Å². The molecule has 3 N–H and O–H groups in total. The standard InChI is InChI=1S/C19H14F4N4O3S/c1-2-24-18(30)27-14-6-11(16-26-13(8-31-16)19(21,22)23)12(7-25-14)9-4-3-5-10(15(9)20)17(28)29/h3-8H,2H2,1H3,(H,28,29)(H2,24,25,27,30). The first-order valence-electron chi connectivity index (χ1n) is 8.72. The molecule has 1 aromatic carbocycles. The number of halogens is 4. The molecule has 2 heterocycles. The monoisotopic (exact) mass is 454 g/mol. The summed E-state index contributed by atoms with van der Waals surface area (Å²) in [6.45, 7) is 2.01. The van der Waals surface area contributed by atoms with Crippen LogP contribution < -0.4 is 10.6 Å². The van der Waals surface area contributed by atoms with Crippen molar-refractivity contribution < 1.29 is 32.3 Å². The summed E-state index contributed by atoms with van der Waals surface area (Å²) in [7, 11) is 0. The van der Waals surface area contributed by atoms with Crippen molar-refractivity contribution in [2.24, 2.45) is 0 Å². The van der Waals surface area contributed by atoms with Gasteiger partial charge in [-0.05, 0) is 19.1 Å². The second-order valence-electron chi connectivity index (χ2n) is 6.11. The van der Waals surface area contributed by atoms with E-state index in [2.05, 4.69) is 20.6 Å². The SMILES string of the molecule is CCNC(=O)Nc1cc(-c2nc(C(F)(F)F)cs2)c(-c2cccc(C(=O)O)c2F)cn1. The molecule has 2 amide bonds. The molecule has 0 aliphatic heterocycles. The van der Waals surface area contributed by atoms with Crippen LogP contribution in [0.3, 0.4) is 0 Å². The number of aromatic nitrogens is 2. The minimum absolute atomic E-state index is 0.0109. The predicted octanol–water partition coefficient (Wildman–Crippen LogP) is 4.87. The molecule has 12 heteroatoms. The quantitative estimate of drug-likeness (QED) is 0.477. The zero-order chi connectivity index (χ0) is 22.8. The Labute approximate surface area is 176 Å². The lowest BCUT2D eigenvalue weighted by Gasteiger charge is -2.12. The number of thiazole rings is 1. The number of amides is 2. The molecule has 0 atom stereocenters. The van der Waals surface area contributed by atoms with Crippen molar-refractivity contribution in [2.45, 2.75) is 13.1 Å². The van der Waals surface area contributed by atoms with Crippen molar-refractivity contribution in [3.63, 3.8) is 0 Å². The maximum Gasteiger partial charge on any atom is 0.434 e. The summed E-state index contributed by atoms with van der Waals surface area (Å²) in [4.78, 5) is 30.6. The fourth-order valence-electron chi connectivity index (χ4n) is 2.67. The van der Waals surface area contributed by atoms with Crippen molar-refractivity contribution in [3.8, 4) is 21.7 Å². The van der Waals surface area contributed by atoms with Crippen LogP contribution in [0.1, 0.15) is 23.0 Å². The molecule has 7 nitrogen and oxygen atoms in total. The van der Waals surface area contributed by atoms with Crippen LogP contribution in [0.5, 0.6) is 0 Å². The molecule has 31 heavy (non-hydrogen) atoms. The Morgan fingerprint density at radius 1 is 1.19 bits per heavy atom. The number of rotatable bonds is 5. The van der Waals surface area contributed by atoms with Crippen molar-refractivity contribution in [1.82, 2.24) is 15.3 Å². The molecule has 2 aromatic heterocycles. The molecule has 162 valence electrons. The summed E-state index contributed by atoms with van der Waals surface area (Å²) in [5.74, 6) is -2.59. The number of carboxylic acids is 1. The Balaban J connectivity index is 2.18. The van der Waals surface area contributed by atoms with E-state index in [4.69, 9.17) is 5.11 Å². The molecule has 0 spiro atoms. The van der Waals surface area contributed by atoms with E-state index in [1.807, 2.05) is 0 Å². The van der Waals surface area contributed by atoms with Crippen LogP contribution in [0.25, 0.3) is 21.7 Å². The molecule has 3 rings (SSSR count). The van der Waals surface area contributed by atoms with Gasteiger partial charge in [-0.3, -0.25) is 5.32 Å². The van der Waals surface area contributed by atoms with E-state index in [0.29, 0.717) is 17.9 Å². The third kappa shape index (κ3) is 4.79. The van der Waals surface area contributed by atoms with Crippen LogP contribution in [0.2, 0.25) is 0 Å². The summed E-state index contributed by atoms with van der Waals surface area (Å²) >= 11 is 0.667. The smallest absolute Gasteiger partial charge is 0.434 e. The van der Waals surface area contributed by atoms with E-state index >= 15 is 0 Å². The third-order valence-electron chi connectivity index (χ3n) is 4.03. The van der Waals surface area contributed by atoms with E-state index in [1.165, 1.54) is 18.2 Å². The van der Waals surface area contributed by atoms with Gasteiger partial charge < -0.3 is 10.4 Å². The van der Waals surface area contributed by atoms with Gasteiger partial charge in [-0.2, -0.15) is 13.2 Å². The molecule has 0 aliphatic carbocycles. The number of alkyl halides is 3. The summed E-state index contributed by atoms with van der Waals surface area (Å²) in [5, 5.41) is 14.8. The van der Waals surface area contributed by atoms with Crippen LogP contribution in [-0.4, -0.2) is 33.6 Å². The zero-order valence-electron chi connectivity index (χ0n) is 15.7. The molecule has 0 aliphatic rings. The van der Waals surface area contributed by atoms with Crippen molar-refractivity contribution in [1.29, 1.82) is 0 Å². The van der Waals surface area contributed by atoms with Crippen LogP contribution in [0.4, 0.5) is 28.2 Å². The van der Waals surface area contributed by atoms with E-state index in [0.717, 1.165) is 17.6 Å². The second-order valence-corrected chi connectivity index (χ2v) is 6.97. The Bertz CT molecular complexity index is 1150. The minimum atomic E-state index is -4.68. The Morgan fingerprint density at radius 2 is 1.94 bits per heavy atom. The fourth-order valence-corrected chi connectivity index (χ4v) is 3.53. The number of nitrogens with one attached hydrogen (secondary N) is 2. The van der Waals surface area contributed by atoms with E-state index in [-0.39, 0.29) is 27.5 Å². The van der Waals surface area contributed by atoms with Gasteiger partial charge in [-0.15, -0.1) is 11.3 Å². The van der Waals surface area contributed by atoms with Gasteiger partial charge in [0.25, 0.3) is 0 Å². The largest absolute Gasteiger partial charge is 0.478 e. The van der Waals surface area contributed by atoms with Crippen molar-refractivity contribution in [3.05, 3.63) is 52.9 Å².